The van der Waals surface area contributed by atoms with E-state index in [1.807, 2.05) is 30.3 Å². The lowest BCUT2D eigenvalue weighted by Gasteiger charge is -2.25. The molecule has 2 atom stereocenters. The summed E-state index contributed by atoms with van der Waals surface area (Å²) >= 11 is 0. The lowest BCUT2D eigenvalue weighted by atomic mass is 10.1. The Bertz CT molecular complexity index is 829. The van der Waals surface area contributed by atoms with E-state index in [9.17, 15) is 0 Å². The molecule has 9 nitrogen and oxygen atoms in total. The van der Waals surface area contributed by atoms with Gasteiger partial charge < -0.3 is 31.0 Å². The van der Waals surface area contributed by atoms with Gasteiger partial charge in [-0.2, -0.15) is 0 Å². The first-order valence-corrected chi connectivity index (χ1v) is 9.65. The molecule has 0 aliphatic carbocycles. The number of benzene rings is 2. The second kappa shape index (κ2) is 9.19. The number of ether oxygens (including phenoxy) is 3. The molecular weight excluding hydrogens is 376 g/mol. The van der Waals surface area contributed by atoms with Gasteiger partial charge in [0.1, 0.15) is 0 Å². The molecule has 9 heteroatoms. The number of nitrogen functional groups attached to an aromatic ring is 2. The number of anilines is 3. The van der Waals surface area contributed by atoms with Crippen LogP contribution in [0.15, 0.2) is 36.4 Å². The lowest BCUT2D eigenvalue weighted by molar-refractivity contribution is -0.270. The molecule has 2 aliphatic rings. The Morgan fingerprint density at radius 3 is 2.93 bits per heavy atom. The Kier molecular flexibility index (Phi) is 6.20. The highest BCUT2D eigenvalue weighted by atomic mass is 16.9. The van der Waals surface area contributed by atoms with Gasteiger partial charge in [-0.3, -0.25) is 9.68 Å². The number of fused-ring (bicyclic) bond motifs is 1. The number of hydrogen-bond acceptors (Lipinski definition) is 9. The number of para-hydroxylation sites is 1. The second-order valence-corrected chi connectivity index (χ2v) is 6.86. The van der Waals surface area contributed by atoms with Crippen LogP contribution in [0.25, 0.3) is 0 Å². The molecule has 2 aliphatic heterocycles. The van der Waals surface area contributed by atoms with Crippen LogP contribution in [0, 0.1) is 0 Å². The molecular formula is C20H26N4O5. The van der Waals surface area contributed by atoms with Gasteiger partial charge in [-0.15, -0.1) is 0 Å². The van der Waals surface area contributed by atoms with E-state index in [1.165, 1.54) is 0 Å². The van der Waals surface area contributed by atoms with Crippen molar-refractivity contribution < 1.29 is 23.9 Å². The van der Waals surface area contributed by atoms with E-state index in [-0.39, 0.29) is 6.10 Å². The monoisotopic (exact) mass is 402 g/mol. The van der Waals surface area contributed by atoms with Crippen LogP contribution in [0.3, 0.4) is 0 Å². The Labute approximate surface area is 169 Å². The summed E-state index contributed by atoms with van der Waals surface area (Å²) in [5, 5.41) is 3.33. The second-order valence-electron chi connectivity index (χ2n) is 6.86. The van der Waals surface area contributed by atoms with Crippen LogP contribution in [0.5, 0.6) is 11.5 Å². The molecule has 2 aromatic carbocycles. The van der Waals surface area contributed by atoms with Gasteiger partial charge in [0.05, 0.1) is 25.5 Å². The van der Waals surface area contributed by atoms with E-state index < -0.39 is 6.29 Å². The van der Waals surface area contributed by atoms with Gasteiger partial charge >= 0.3 is 0 Å². The average Bonchev–Trinajstić information content (AvgIpc) is 3.19. The first kappa shape index (κ1) is 19.6. The van der Waals surface area contributed by atoms with Crippen molar-refractivity contribution in [2.45, 2.75) is 25.2 Å². The van der Waals surface area contributed by atoms with Gasteiger partial charge in [0.15, 0.2) is 17.6 Å². The molecule has 0 saturated carbocycles. The minimum Gasteiger partial charge on any atom is -0.448 e. The Hall–Kier alpha value is -2.72. The Morgan fingerprint density at radius 2 is 2.07 bits per heavy atom. The standard InChI is InChI=1S/C20H26N4O5/c21-14-4-5-15(22)13(12-14)6-9-25-11-8-23-16-2-1-3-17-19(16)28-20(27-17)18-7-10-26-24-29-18/h1-5,12,18,20,23-24H,6-11,21-22H2. The number of nitrogens with one attached hydrogen (secondary N) is 2. The maximum absolute atomic E-state index is 5.97. The topological polar surface area (TPSA) is 122 Å². The fourth-order valence-electron chi connectivity index (χ4n) is 3.23. The first-order chi connectivity index (χ1) is 14.2. The van der Waals surface area contributed by atoms with E-state index in [1.54, 1.807) is 6.07 Å². The minimum atomic E-state index is -0.510. The molecule has 0 aromatic heterocycles. The van der Waals surface area contributed by atoms with Crippen LogP contribution in [-0.2, 0) is 20.8 Å². The summed E-state index contributed by atoms with van der Waals surface area (Å²) in [6, 6.07) is 11.2. The van der Waals surface area contributed by atoms with Crippen LogP contribution < -0.4 is 31.9 Å². The minimum absolute atomic E-state index is 0.244. The summed E-state index contributed by atoms with van der Waals surface area (Å²) in [4.78, 5) is 10.3. The van der Waals surface area contributed by atoms with Crippen LogP contribution in [0.1, 0.15) is 12.0 Å². The Morgan fingerprint density at radius 1 is 1.14 bits per heavy atom. The van der Waals surface area contributed by atoms with Gasteiger partial charge in [-0.1, -0.05) is 11.7 Å². The van der Waals surface area contributed by atoms with Gasteiger partial charge in [0.2, 0.25) is 0 Å². The van der Waals surface area contributed by atoms with Gasteiger partial charge in [0.25, 0.3) is 6.29 Å². The molecule has 1 saturated heterocycles. The average molecular weight is 402 g/mol. The highest BCUT2D eigenvalue weighted by molar-refractivity contribution is 5.64. The molecule has 0 bridgehead atoms. The maximum Gasteiger partial charge on any atom is 0.269 e. The summed E-state index contributed by atoms with van der Waals surface area (Å²) in [6.45, 7) is 2.28. The van der Waals surface area contributed by atoms with E-state index in [4.69, 9.17) is 35.4 Å². The van der Waals surface area contributed by atoms with Crippen LogP contribution in [-0.4, -0.2) is 38.8 Å². The van der Waals surface area contributed by atoms with Crippen molar-refractivity contribution in [1.82, 2.24) is 5.64 Å². The lowest BCUT2D eigenvalue weighted by Crippen LogP contribution is -2.43. The van der Waals surface area contributed by atoms with E-state index in [0.717, 1.165) is 23.4 Å². The zero-order valence-corrected chi connectivity index (χ0v) is 16.1. The highest BCUT2D eigenvalue weighted by Crippen LogP contribution is 2.42. The molecule has 2 heterocycles. The highest BCUT2D eigenvalue weighted by Gasteiger charge is 2.36. The van der Waals surface area contributed by atoms with Crippen molar-refractivity contribution in [1.29, 1.82) is 0 Å². The van der Waals surface area contributed by atoms with E-state index >= 15 is 0 Å². The summed E-state index contributed by atoms with van der Waals surface area (Å²) in [6.07, 6.45) is 0.644. The van der Waals surface area contributed by atoms with E-state index in [2.05, 4.69) is 11.0 Å². The van der Waals surface area contributed by atoms with Gasteiger partial charge in [-0.25, -0.2) is 0 Å². The largest absolute Gasteiger partial charge is 0.448 e. The molecule has 156 valence electrons. The molecule has 0 radical (unpaired) electrons. The molecule has 2 unspecified atom stereocenters. The molecule has 29 heavy (non-hydrogen) atoms. The number of nitrogens with two attached hydrogens (primary N) is 2. The zero-order valence-electron chi connectivity index (χ0n) is 16.1. The van der Waals surface area contributed by atoms with Crippen LogP contribution >= 0.6 is 0 Å². The third-order valence-corrected chi connectivity index (χ3v) is 4.77. The Balaban J connectivity index is 1.22. The summed E-state index contributed by atoms with van der Waals surface area (Å²) in [7, 11) is 0. The summed E-state index contributed by atoms with van der Waals surface area (Å²) < 4.78 is 17.5. The SMILES string of the molecule is Nc1ccc(N)c(CCOCCNc2cccc3c2OC(C2CCONO2)O3)c1. The predicted molar refractivity (Wildman–Crippen MR) is 108 cm³/mol. The number of hydrogen-bond donors (Lipinski definition) is 4. The maximum atomic E-state index is 5.97. The molecule has 2 aromatic rings. The van der Waals surface area contributed by atoms with Crippen LogP contribution in [0.2, 0.25) is 0 Å². The smallest absolute Gasteiger partial charge is 0.269 e. The molecule has 4 rings (SSSR count). The normalized spacial score (nSPS) is 20.6. The quantitative estimate of drug-likeness (QED) is 0.387. The molecule has 0 amide bonds. The third-order valence-electron chi connectivity index (χ3n) is 4.77. The van der Waals surface area contributed by atoms with Crippen molar-refractivity contribution in [3.8, 4) is 11.5 Å². The first-order valence-electron chi connectivity index (χ1n) is 9.65. The predicted octanol–water partition coefficient (Wildman–Crippen LogP) is 1.84. The van der Waals surface area contributed by atoms with Crippen molar-refractivity contribution in [3.05, 3.63) is 42.0 Å². The summed E-state index contributed by atoms with van der Waals surface area (Å²) in [5.74, 6) is 1.37. The zero-order chi connectivity index (χ0) is 20.1. The van der Waals surface area contributed by atoms with Gasteiger partial charge in [-0.05, 0) is 42.3 Å². The molecule has 0 spiro atoms. The van der Waals surface area contributed by atoms with E-state index in [0.29, 0.717) is 50.0 Å². The van der Waals surface area contributed by atoms with Crippen molar-refractivity contribution >= 4 is 17.1 Å². The fourth-order valence-corrected chi connectivity index (χ4v) is 3.23. The summed E-state index contributed by atoms with van der Waals surface area (Å²) in [5.41, 5.74) is 17.5. The fraction of sp³-hybridized carbons (Fsp3) is 0.400. The van der Waals surface area contributed by atoms with Gasteiger partial charge in [0, 0.05) is 24.3 Å². The third kappa shape index (κ3) is 4.83. The van der Waals surface area contributed by atoms with Crippen LogP contribution in [0.4, 0.5) is 17.1 Å². The van der Waals surface area contributed by atoms with Crippen molar-refractivity contribution in [2.75, 3.05) is 43.1 Å². The van der Waals surface area contributed by atoms with Crippen molar-refractivity contribution in [2.24, 2.45) is 0 Å². The molecule has 6 N–H and O–H groups in total. The number of rotatable bonds is 8. The molecule has 1 fully saturated rings. The van der Waals surface area contributed by atoms with Crippen molar-refractivity contribution in [3.63, 3.8) is 0 Å².